The van der Waals surface area contributed by atoms with Crippen LogP contribution in [0.25, 0.3) is 0 Å². The van der Waals surface area contributed by atoms with E-state index in [1.54, 1.807) is 19.1 Å². The first-order valence-corrected chi connectivity index (χ1v) is 5.20. The van der Waals surface area contributed by atoms with Gasteiger partial charge in [-0.3, -0.25) is 10.1 Å². The van der Waals surface area contributed by atoms with Crippen LogP contribution in [0.3, 0.4) is 0 Å². The maximum absolute atomic E-state index is 11.3. The molecule has 2 rings (SSSR count). The molecule has 1 aliphatic rings. The number of non-ortho nitro benzene ring substituents is 1. The summed E-state index contributed by atoms with van der Waals surface area (Å²) in [6, 6.07) is 5.95. The number of hydrogen-bond acceptors (Lipinski definition) is 5. The third-order valence-electron chi connectivity index (χ3n) is 2.44. The van der Waals surface area contributed by atoms with Crippen LogP contribution in [0.4, 0.5) is 5.69 Å². The summed E-state index contributed by atoms with van der Waals surface area (Å²) >= 11 is 0. The lowest BCUT2D eigenvalue weighted by atomic mass is 10.1. The summed E-state index contributed by atoms with van der Waals surface area (Å²) in [6.45, 7) is 2.03. The van der Waals surface area contributed by atoms with Crippen molar-refractivity contribution in [3.8, 4) is 0 Å². The Bertz CT molecular complexity index is 442. The Kier molecular flexibility index (Phi) is 3.06. The van der Waals surface area contributed by atoms with Crippen LogP contribution in [0, 0.1) is 10.1 Å². The third kappa shape index (κ3) is 2.42. The SMILES string of the molecule is CCOC(=O)[C@@H]1O[C@@H]1c1ccc([N+](=O)[O-])cc1. The number of nitro benzene ring substituents is 1. The Morgan fingerprint density at radius 2 is 2.12 bits per heavy atom. The minimum atomic E-state index is -0.573. The summed E-state index contributed by atoms with van der Waals surface area (Å²) in [7, 11) is 0. The summed E-state index contributed by atoms with van der Waals surface area (Å²) in [5.41, 5.74) is 0.760. The maximum Gasteiger partial charge on any atom is 0.338 e. The van der Waals surface area contributed by atoms with Crippen LogP contribution in [0.1, 0.15) is 18.6 Å². The molecule has 0 saturated carbocycles. The van der Waals surface area contributed by atoms with E-state index >= 15 is 0 Å². The predicted molar refractivity (Wildman–Crippen MR) is 57.3 cm³/mol. The fourth-order valence-electron chi connectivity index (χ4n) is 1.56. The van der Waals surface area contributed by atoms with Crippen LogP contribution in [0.15, 0.2) is 24.3 Å². The molecule has 6 heteroatoms. The fraction of sp³-hybridized carbons (Fsp3) is 0.364. The number of benzene rings is 1. The van der Waals surface area contributed by atoms with Crippen molar-refractivity contribution in [1.82, 2.24) is 0 Å². The van der Waals surface area contributed by atoms with Crippen molar-refractivity contribution in [2.24, 2.45) is 0 Å². The standard InChI is InChI=1S/C11H11NO5/c1-2-16-11(13)10-9(17-10)7-3-5-8(6-4-7)12(14)15/h3-6,9-10H,2H2,1H3/t9-,10-/m1/s1. The van der Waals surface area contributed by atoms with E-state index in [0.29, 0.717) is 6.61 Å². The van der Waals surface area contributed by atoms with Gasteiger partial charge in [0, 0.05) is 12.1 Å². The Balaban J connectivity index is 2.01. The monoisotopic (exact) mass is 237 g/mol. The Morgan fingerprint density at radius 1 is 1.47 bits per heavy atom. The number of epoxide rings is 1. The molecular formula is C11H11NO5. The molecule has 0 aliphatic carbocycles. The number of carbonyl (C=O) groups is 1. The Labute approximate surface area is 97.3 Å². The summed E-state index contributed by atoms with van der Waals surface area (Å²) in [6.07, 6.45) is -0.911. The lowest BCUT2D eigenvalue weighted by molar-refractivity contribution is -0.384. The Hall–Kier alpha value is -1.95. The van der Waals surface area contributed by atoms with Gasteiger partial charge in [-0.25, -0.2) is 4.79 Å². The zero-order valence-electron chi connectivity index (χ0n) is 9.16. The van der Waals surface area contributed by atoms with Gasteiger partial charge in [-0.2, -0.15) is 0 Å². The smallest absolute Gasteiger partial charge is 0.338 e. The van der Waals surface area contributed by atoms with E-state index in [4.69, 9.17) is 9.47 Å². The second kappa shape index (κ2) is 4.50. The van der Waals surface area contributed by atoms with Crippen molar-refractivity contribution in [1.29, 1.82) is 0 Å². The molecule has 17 heavy (non-hydrogen) atoms. The van der Waals surface area contributed by atoms with Gasteiger partial charge >= 0.3 is 5.97 Å². The number of nitro groups is 1. The molecule has 0 amide bonds. The van der Waals surface area contributed by atoms with Gasteiger partial charge in [-0.1, -0.05) is 0 Å². The number of hydrogen-bond donors (Lipinski definition) is 0. The van der Waals surface area contributed by atoms with Crippen molar-refractivity contribution in [2.45, 2.75) is 19.1 Å². The van der Waals surface area contributed by atoms with Gasteiger partial charge in [0.05, 0.1) is 11.5 Å². The van der Waals surface area contributed by atoms with Gasteiger partial charge in [0.2, 0.25) is 0 Å². The molecule has 0 bridgehead atoms. The van der Waals surface area contributed by atoms with Gasteiger partial charge in [0.1, 0.15) is 6.10 Å². The number of carbonyl (C=O) groups excluding carboxylic acids is 1. The summed E-state index contributed by atoms with van der Waals surface area (Å²) in [5, 5.41) is 10.5. The molecule has 1 saturated heterocycles. The highest BCUT2D eigenvalue weighted by Gasteiger charge is 2.47. The van der Waals surface area contributed by atoms with Gasteiger partial charge < -0.3 is 9.47 Å². The molecule has 0 unspecified atom stereocenters. The second-order valence-corrected chi connectivity index (χ2v) is 3.58. The topological polar surface area (TPSA) is 82.0 Å². The maximum atomic E-state index is 11.3. The van der Waals surface area contributed by atoms with Crippen LogP contribution in [0.2, 0.25) is 0 Å². The quantitative estimate of drug-likeness (QED) is 0.344. The molecule has 0 N–H and O–H groups in total. The highest BCUT2D eigenvalue weighted by molar-refractivity contribution is 5.78. The lowest BCUT2D eigenvalue weighted by Crippen LogP contribution is -2.11. The summed E-state index contributed by atoms with van der Waals surface area (Å²) in [4.78, 5) is 21.3. The molecule has 90 valence electrons. The van der Waals surface area contributed by atoms with Gasteiger partial charge in [-0.05, 0) is 24.6 Å². The molecule has 2 atom stereocenters. The van der Waals surface area contributed by atoms with Crippen LogP contribution in [-0.4, -0.2) is 23.6 Å². The first-order valence-electron chi connectivity index (χ1n) is 5.20. The van der Waals surface area contributed by atoms with Crippen LogP contribution >= 0.6 is 0 Å². The summed E-state index contributed by atoms with van der Waals surface area (Å²) < 4.78 is 9.98. The van der Waals surface area contributed by atoms with Crippen LogP contribution in [0.5, 0.6) is 0 Å². The first-order chi connectivity index (χ1) is 8.13. The largest absolute Gasteiger partial charge is 0.464 e. The van der Waals surface area contributed by atoms with Crippen molar-refractivity contribution >= 4 is 11.7 Å². The Morgan fingerprint density at radius 3 is 2.65 bits per heavy atom. The van der Waals surface area contributed by atoms with E-state index in [-0.39, 0.29) is 11.8 Å². The van der Waals surface area contributed by atoms with Crippen molar-refractivity contribution < 1.29 is 19.2 Å². The lowest BCUT2D eigenvalue weighted by Gasteiger charge is -1.97. The second-order valence-electron chi connectivity index (χ2n) is 3.58. The van der Waals surface area contributed by atoms with Crippen LogP contribution in [-0.2, 0) is 14.3 Å². The van der Waals surface area contributed by atoms with Gasteiger partial charge in [0.25, 0.3) is 5.69 Å². The van der Waals surface area contributed by atoms with E-state index < -0.39 is 17.0 Å². The molecule has 0 aromatic heterocycles. The van der Waals surface area contributed by atoms with E-state index in [1.807, 2.05) is 0 Å². The van der Waals surface area contributed by atoms with E-state index in [0.717, 1.165) is 5.56 Å². The molecule has 1 aromatic carbocycles. The molecule has 0 spiro atoms. The molecule has 6 nitrogen and oxygen atoms in total. The van der Waals surface area contributed by atoms with Gasteiger partial charge in [-0.15, -0.1) is 0 Å². The number of ether oxygens (including phenoxy) is 2. The zero-order chi connectivity index (χ0) is 12.4. The number of esters is 1. The minimum absolute atomic E-state index is 0.0158. The average Bonchev–Trinajstić information content (AvgIpc) is 3.09. The minimum Gasteiger partial charge on any atom is -0.464 e. The van der Waals surface area contributed by atoms with Crippen molar-refractivity contribution in [3.05, 3.63) is 39.9 Å². The molecule has 1 fully saturated rings. The highest BCUT2D eigenvalue weighted by atomic mass is 16.6. The van der Waals surface area contributed by atoms with E-state index in [1.165, 1.54) is 12.1 Å². The van der Waals surface area contributed by atoms with Crippen molar-refractivity contribution in [2.75, 3.05) is 6.61 Å². The van der Waals surface area contributed by atoms with Gasteiger partial charge in [0.15, 0.2) is 6.10 Å². The molecule has 1 aliphatic heterocycles. The number of rotatable bonds is 4. The fourth-order valence-corrected chi connectivity index (χ4v) is 1.56. The number of nitrogens with zero attached hydrogens (tertiary/aromatic N) is 1. The van der Waals surface area contributed by atoms with Crippen LogP contribution < -0.4 is 0 Å². The third-order valence-corrected chi connectivity index (χ3v) is 2.44. The highest BCUT2D eigenvalue weighted by Crippen LogP contribution is 2.39. The summed E-state index contributed by atoms with van der Waals surface area (Å²) in [5.74, 6) is -0.393. The van der Waals surface area contributed by atoms with E-state index in [9.17, 15) is 14.9 Å². The zero-order valence-corrected chi connectivity index (χ0v) is 9.16. The normalized spacial score (nSPS) is 21.9. The molecular weight excluding hydrogens is 226 g/mol. The molecule has 0 radical (unpaired) electrons. The molecule has 1 heterocycles. The average molecular weight is 237 g/mol. The van der Waals surface area contributed by atoms with Crippen molar-refractivity contribution in [3.63, 3.8) is 0 Å². The van der Waals surface area contributed by atoms with E-state index in [2.05, 4.69) is 0 Å². The molecule has 1 aromatic rings. The predicted octanol–water partition coefficient (Wildman–Crippen LogP) is 1.60. The first kappa shape index (κ1) is 11.5.